The summed E-state index contributed by atoms with van der Waals surface area (Å²) in [5, 5.41) is 2.65. The lowest BCUT2D eigenvalue weighted by atomic mass is 9.93. The number of halogens is 5. The highest BCUT2D eigenvalue weighted by atomic mass is 19.4. The first-order chi connectivity index (χ1) is 6.09. The molecule has 0 spiro atoms. The topological polar surface area (TPSA) is 47.6 Å². The molecule has 0 radical (unpaired) electrons. The standard InChI is InChI=1S/C6H7F5N2O/c1-4(12)2-14-13-3(4)5(7,8)6(9,10)11/h2,12H2,1H3. The van der Waals surface area contributed by atoms with Gasteiger partial charge in [0, 0.05) is 0 Å². The molecule has 82 valence electrons. The Labute approximate surface area is 75.7 Å². The second-order valence-corrected chi connectivity index (χ2v) is 3.20. The molecule has 0 aromatic carbocycles. The Hall–Kier alpha value is -0.920. The van der Waals surface area contributed by atoms with Gasteiger partial charge in [-0.3, -0.25) is 0 Å². The Bertz CT molecular complexity index is 270. The second kappa shape index (κ2) is 2.78. The highest BCUT2D eigenvalue weighted by Crippen LogP contribution is 2.40. The molecule has 1 atom stereocenters. The number of hydrogen-bond acceptors (Lipinski definition) is 3. The third-order valence-electron chi connectivity index (χ3n) is 1.71. The van der Waals surface area contributed by atoms with Crippen LogP contribution in [0.2, 0.25) is 0 Å². The van der Waals surface area contributed by atoms with E-state index >= 15 is 0 Å². The number of nitrogens with zero attached hydrogens (tertiary/aromatic N) is 1. The SMILES string of the molecule is CC1(N)CON=C1C(F)(F)C(F)(F)F. The van der Waals surface area contributed by atoms with Crippen molar-refractivity contribution in [3.05, 3.63) is 0 Å². The predicted octanol–water partition coefficient (Wildman–Crippen LogP) is 1.29. The van der Waals surface area contributed by atoms with Crippen LogP contribution in [-0.2, 0) is 4.84 Å². The maximum Gasteiger partial charge on any atom is 0.459 e. The molecule has 0 saturated heterocycles. The van der Waals surface area contributed by atoms with Crippen molar-refractivity contribution in [2.45, 2.75) is 24.6 Å². The lowest BCUT2D eigenvalue weighted by molar-refractivity contribution is -0.250. The Morgan fingerprint density at radius 1 is 1.36 bits per heavy atom. The first-order valence-electron chi connectivity index (χ1n) is 3.53. The van der Waals surface area contributed by atoms with Gasteiger partial charge in [0.25, 0.3) is 0 Å². The molecule has 8 heteroatoms. The van der Waals surface area contributed by atoms with Crippen LogP contribution >= 0.6 is 0 Å². The monoisotopic (exact) mass is 218 g/mol. The fourth-order valence-corrected chi connectivity index (χ4v) is 0.954. The van der Waals surface area contributed by atoms with Gasteiger partial charge >= 0.3 is 12.1 Å². The lowest BCUT2D eigenvalue weighted by Gasteiger charge is -2.25. The summed E-state index contributed by atoms with van der Waals surface area (Å²) in [7, 11) is 0. The summed E-state index contributed by atoms with van der Waals surface area (Å²) in [6, 6.07) is 0. The molecule has 0 amide bonds. The van der Waals surface area contributed by atoms with E-state index in [0.717, 1.165) is 6.92 Å². The van der Waals surface area contributed by atoms with E-state index in [1.807, 2.05) is 0 Å². The van der Waals surface area contributed by atoms with Crippen molar-refractivity contribution < 1.29 is 26.8 Å². The predicted molar refractivity (Wildman–Crippen MR) is 37.0 cm³/mol. The summed E-state index contributed by atoms with van der Waals surface area (Å²) in [6.45, 7) is 0.506. The smallest absolute Gasteiger partial charge is 0.393 e. The van der Waals surface area contributed by atoms with Crippen molar-refractivity contribution in [1.82, 2.24) is 0 Å². The Balaban J connectivity index is 3.06. The average molecular weight is 218 g/mol. The molecule has 1 heterocycles. The van der Waals surface area contributed by atoms with Crippen LogP contribution in [0.5, 0.6) is 0 Å². The van der Waals surface area contributed by atoms with Crippen LogP contribution in [0.1, 0.15) is 6.92 Å². The summed E-state index contributed by atoms with van der Waals surface area (Å²) in [6.07, 6.45) is -5.71. The van der Waals surface area contributed by atoms with Gasteiger partial charge in [0.05, 0.1) is 5.54 Å². The molecular weight excluding hydrogens is 211 g/mol. The summed E-state index contributed by atoms with van der Waals surface area (Å²) in [5.41, 5.74) is 1.79. The van der Waals surface area contributed by atoms with Gasteiger partial charge in [-0.2, -0.15) is 22.0 Å². The van der Waals surface area contributed by atoms with E-state index in [1.54, 1.807) is 0 Å². The number of hydrogen-bond donors (Lipinski definition) is 1. The first kappa shape index (κ1) is 11.2. The quantitative estimate of drug-likeness (QED) is 0.674. The number of nitrogens with two attached hydrogens (primary N) is 1. The van der Waals surface area contributed by atoms with Gasteiger partial charge in [-0.15, -0.1) is 0 Å². The summed E-state index contributed by atoms with van der Waals surface area (Å²) < 4.78 is 61.1. The maximum atomic E-state index is 12.7. The van der Waals surface area contributed by atoms with E-state index in [9.17, 15) is 22.0 Å². The van der Waals surface area contributed by atoms with Gasteiger partial charge in [0.2, 0.25) is 0 Å². The highest BCUT2D eigenvalue weighted by molar-refractivity contribution is 6.00. The van der Waals surface area contributed by atoms with Crippen LogP contribution in [0, 0.1) is 0 Å². The number of rotatable bonds is 1. The van der Waals surface area contributed by atoms with Crippen LogP contribution < -0.4 is 5.73 Å². The van der Waals surface area contributed by atoms with E-state index in [0.29, 0.717) is 0 Å². The minimum absolute atomic E-state index is 0.492. The van der Waals surface area contributed by atoms with Gasteiger partial charge in [-0.05, 0) is 6.92 Å². The Morgan fingerprint density at radius 3 is 2.14 bits per heavy atom. The number of alkyl halides is 5. The zero-order chi connectivity index (χ0) is 11.2. The fourth-order valence-electron chi connectivity index (χ4n) is 0.954. The van der Waals surface area contributed by atoms with Crippen molar-refractivity contribution in [2.24, 2.45) is 10.9 Å². The van der Waals surface area contributed by atoms with Gasteiger partial charge in [0.15, 0.2) is 5.71 Å². The molecule has 1 aliphatic heterocycles. The van der Waals surface area contributed by atoms with Crippen molar-refractivity contribution in [2.75, 3.05) is 6.61 Å². The summed E-state index contributed by atoms with van der Waals surface area (Å²) in [5.74, 6) is -5.05. The molecule has 3 nitrogen and oxygen atoms in total. The van der Waals surface area contributed by atoms with Crippen LogP contribution in [0.3, 0.4) is 0 Å². The van der Waals surface area contributed by atoms with Crippen molar-refractivity contribution in [3.8, 4) is 0 Å². The van der Waals surface area contributed by atoms with Crippen LogP contribution in [0.25, 0.3) is 0 Å². The van der Waals surface area contributed by atoms with Crippen LogP contribution in [0.15, 0.2) is 5.16 Å². The molecule has 1 unspecified atom stereocenters. The van der Waals surface area contributed by atoms with Crippen LogP contribution in [0.4, 0.5) is 22.0 Å². The van der Waals surface area contributed by atoms with E-state index in [2.05, 4.69) is 9.99 Å². The number of oxime groups is 1. The normalized spacial score (nSPS) is 28.6. The average Bonchev–Trinajstić information content (AvgIpc) is 2.27. The van der Waals surface area contributed by atoms with E-state index in [4.69, 9.17) is 5.73 Å². The largest absolute Gasteiger partial charge is 0.459 e. The molecule has 0 aromatic rings. The maximum absolute atomic E-state index is 12.7. The van der Waals surface area contributed by atoms with Crippen molar-refractivity contribution in [1.29, 1.82) is 0 Å². The fraction of sp³-hybridized carbons (Fsp3) is 0.833. The minimum atomic E-state index is -5.71. The van der Waals surface area contributed by atoms with Crippen molar-refractivity contribution in [3.63, 3.8) is 0 Å². The van der Waals surface area contributed by atoms with E-state index < -0.39 is 30.0 Å². The third-order valence-corrected chi connectivity index (χ3v) is 1.71. The van der Waals surface area contributed by atoms with Crippen LogP contribution in [-0.4, -0.2) is 30.0 Å². The van der Waals surface area contributed by atoms with Gasteiger partial charge in [-0.25, -0.2) is 0 Å². The zero-order valence-electron chi connectivity index (χ0n) is 7.03. The van der Waals surface area contributed by atoms with E-state index in [1.165, 1.54) is 0 Å². The molecular formula is C6H7F5N2O. The molecule has 1 rings (SSSR count). The first-order valence-corrected chi connectivity index (χ1v) is 3.53. The Morgan fingerprint density at radius 2 is 1.86 bits per heavy atom. The molecule has 1 aliphatic rings. The lowest BCUT2D eigenvalue weighted by Crippen LogP contribution is -2.57. The van der Waals surface area contributed by atoms with Gasteiger partial charge in [0.1, 0.15) is 6.61 Å². The molecule has 2 N–H and O–H groups in total. The molecule has 0 fully saturated rings. The minimum Gasteiger partial charge on any atom is -0.393 e. The molecule has 0 aromatic heterocycles. The van der Waals surface area contributed by atoms with Gasteiger partial charge in [-0.1, -0.05) is 5.16 Å². The highest BCUT2D eigenvalue weighted by Gasteiger charge is 2.66. The second-order valence-electron chi connectivity index (χ2n) is 3.20. The van der Waals surface area contributed by atoms with E-state index in [-0.39, 0.29) is 0 Å². The summed E-state index contributed by atoms with van der Waals surface area (Å²) >= 11 is 0. The molecule has 0 aliphatic carbocycles. The third kappa shape index (κ3) is 1.54. The summed E-state index contributed by atoms with van der Waals surface area (Å²) in [4.78, 5) is 4.14. The molecule has 0 saturated carbocycles. The zero-order valence-corrected chi connectivity index (χ0v) is 7.03. The molecule has 14 heavy (non-hydrogen) atoms. The Kier molecular flexibility index (Phi) is 2.22. The van der Waals surface area contributed by atoms with Crippen molar-refractivity contribution >= 4 is 5.71 Å². The molecule has 0 bridgehead atoms. The van der Waals surface area contributed by atoms with Gasteiger partial charge < -0.3 is 10.6 Å².